The van der Waals surface area contributed by atoms with Crippen LogP contribution in [-0.4, -0.2) is 48.6 Å². The first-order valence-corrected chi connectivity index (χ1v) is 6.15. The molecule has 70 valence electrons. The van der Waals surface area contributed by atoms with Crippen LogP contribution in [0.4, 0.5) is 0 Å². The highest BCUT2D eigenvalue weighted by Gasteiger charge is 2.22. The molecule has 12 heavy (non-hydrogen) atoms. The van der Waals surface area contributed by atoms with Gasteiger partial charge in [0, 0.05) is 24.9 Å². The molecule has 0 aromatic heterocycles. The number of hydrogen-bond acceptors (Lipinski definition) is 3. The molecular weight excluding hydrogens is 168 g/mol. The van der Waals surface area contributed by atoms with Gasteiger partial charge in [-0.1, -0.05) is 0 Å². The van der Waals surface area contributed by atoms with Crippen LogP contribution in [0.25, 0.3) is 0 Å². The molecule has 0 spiro atoms. The Labute approximate surface area is 79.1 Å². The summed E-state index contributed by atoms with van der Waals surface area (Å²) in [6, 6.07) is 0.898. The molecule has 3 heteroatoms. The van der Waals surface area contributed by atoms with Gasteiger partial charge in [-0.25, -0.2) is 0 Å². The number of nitrogens with zero attached hydrogens (tertiary/aromatic N) is 1. The summed E-state index contributed by atoms with van der Waals surface area (Å²) in [5, 5.41) is 3.45. The normalized spacial score (nSPS) is 33.5. The van der Waals surface area contributed by atoms with Crippen LogP contribution in [0, 0.1) is 0 Å². The van der Waals surface area contributed by atoms with Gasteiger partial charge in [0.25, 0.3) is 0 Å². The van der Waals surface area contributed by atoms with Crippen molar-refractivity contribution in [3.8, 4) is 0 Å². The lowest BCUT2D eigenvalue weighted by Crippen LogP contribution is -2.37. The molecule has 0 radical (unpaired) electrons. The van der Waals surface area contributed by atoms with Crippen molar-refractivity contribution >= 4 is 11.8 Å². The third-order valence-electron chi connectivity index (χ3n) is 2.80. The Morgan fingerprint density at radius 1 is 1.25 bits per heavy atom. The van der Waals surface area contributed by atoms with Gasteiger partial charge >= 0.3 is 0 Å². The fraction of sp³-hybridized carbons (Fsp3) is 1.00. The molecule has 2 heterocycles. The van der Waals surface area contributed by atoms with Gasteiger partial charge in [-0.15, -0.1) is 0 Å². The van der Waals surface area contributed by atoms with Crippen molar-refractivity contribution in [2.45, 2.75) is 18.9 Å². The molecule has 2 nitrogen and oxygen atoms in total. The average Bonchev–Trinajstić information content (AvgIpc) is 2.48. The van der Waals surface area contributed by atoms with Gasteiger partial charge in [-0.3, -0.25) is 4.90 Å². The van der Waals surface area contributed by atoms with Gasteiger partial charge < -0.3 is 5.32 Å². The van der Waals surface area contributed by atoms with Crippen molar-refractivity contribution in [2.24, 2.45) is 0 Å². The van der Waals surface area contributed by atoms with E-state index in [9.17, 15) is 0 Å². The fourth-order valence-electron chi connectivity index (χ4n) is 2.04. The van der Waals surface area contributed by atoms with E-state index in [4.69, 9.17) is 0 Å². The number of hydrogen-bond donors (Lipinski definition) is 1. The summed E-state index contributed by atoms with van der Waals surface area (Å²) in [7, 11) is 0. The molecule has 0 unspecified atom stereocenters. The molecule has 2 saturated heterocycles. The molecule has 0 aromatic rings. The molecule has 2 aliphatic rings. The summed E-state index contributed by atoms with van der Waals surface area (Å²) in [6.07, 6.45) is 2.76. The molecule has 0 bridgehead atoms. The van der Waals surface area contributed by atoms with E-state index in [1.54, 1.807) is 0 Å². The van der Waals surface area contributed by atoms with Crippen LogP contribution in [0.15, 0.2) is 0 Å². The molecule has 1 atom stereocenters. The number of nitrogens with one attached hydrogen (secondary N) is 1. The highest BCUT2D eigenvalue weighted by Crippen LogP contribution is 2.22. The molecule has 0 amide bonds. The molecule has 2 fully saturated rings. The summed E-state index contributed by atoms with van der Waals surface area (Å²) in [4.78, 5) is 2.68. The van der Waals surface area contributed by atoms with Gasteiger partial charge in [0.15, 0.2) is 0 Å². The second-order valence-electron chi connectivity index (χ2n) is 3.66. The first-order valence-electron chi connectivity index (χ1n) is 4.99. The number of rotatable bonds is 1. The summed E-state index contributed by atoms with van der Waals surface area (Å²) < 4.78 is 0. The second kappa shape index (κ2) is 4.49. The summed E-state index contributed by atoms with van der Waals surface area (Å²) in [5.41, 5.74) is 0. The van der Waals surface area contributed by atoms with Crippen molar-refractivity contribution < 1.29 is 0 Å². The van der Waals surface area contributed by atoms with E-state index >= 15 is 0 Å². The van der Waals surface area contributed by atoms with Gasteiger partial charge in [0.05, 0.1) is 0 Å². The number of thioether (sulfide) groups is 1. The maximum atomic E-state index is 3.45. The van der Waals surface area contributed by atoms with Crippen molar-refractivity contribution in [3.63, 3.8) is 0 Å². The fourth-order valence-corrected chi connectivity index (χ4v) is 3.30. The summed E-state index contributed by atoms with van der Waals surface area (Å²) in [6.45, 7) is 5.00. The van der Waals surface area contributed by atoms with Gasteiger partial charge in [0.1, 0.15) is 0 Å². The van der Waals surface area contributed by atoms with Gasteiger partial charge in [-0.2, -0.15) is 11.8 Å². The molecule has 2 aliphatic heterocycles. The zero-order chi connectivity index (χ0) is 8.23. The van der Waals surface area contributed by atoms with E-state index in [2.05, 4.69) is 22.0 Å². The predicted molar refractivity (Wildman–Crippen MR) is 54.8 cm³/mol. The Morgan fingerprint density at radius 3 is 3.08 bits per heavy atom. The van der Waals surface area contributed by atoms with Crippen LogP contribution < -0.4 is 5.32 Å². The second-order valence-corrected chi connectivity index (χ2v) is 4.81. The Bertz CT molecular complexity index is 126. The quantitative estimate of drug-likeness (QED) is 0.652. The van der Waals surface area contributed by atoms with E-state index in [0.29, 0.717) is 0 Å². The SMILES string of the molecule is C1CNCCN([C@@H]2CCSC2)C1. The summed E-state index contributed by atoms with van der Waals surface area (Å²) in [5.74, 6) is 2.76. The molecule has 1 N–H and O–H groups in total. The lowest BCUT2D eigenvalue weighted by molar-refractivity contribution is 0.227. The monoisotopic (exact) mass is 186 g/mol. The maximum Gasteiger partial charge on any atom is 0.0194 e. The highest BCUT2D eigenvalue weighted by molar-refractivity contribution is 7.99. The van der Waals surface area contributed by atoms with Crippen molar-refractivity contribution in [1.29, 1.82) is 0 Å². The van der Waals surface area contributed by atoms with Gasteiger partial charge in [-0.05, 0) is 31.7 Å². The Hall–Kier alpha value is 0.270. The smallest absolute Gasteiger partial charge is 0.0194 e. The maximum absolute atomic E-state index is 3.45. The molecule has 2 rings (SSSR count). The van der Waals surface area contributed by atoms with E-state index in [0.717, 1.165) is 6.04 Å². The van der Waals surface area contributed by atoms with Crippen LogP contribution in [-0.2, 0) is 0 Å². The van der Waals surface area contributed by atoms with Gasteiger partial charge in [0.2, 0.25) is 0 Å². The van der Waals surface area contributed by atoms with Crippen molar-refractivity contribution in [1.82, 2.24) is 10.2 Å². The third kappa shape index (κ3) is 2.15. The van der Waals surface area contributed by atoms with Crippen LogP contribution in [0.2, 0.25) is 0 Å². The molecule has 0 aliphatic carbocycles. The Balaban J connectivity index is 1.83. The third-order valence-corrected chi connectivity index (χ3v) is 3.94. The van der Waals surface area contributed by atoms with Crippen LogP contribution in [0.5, 0.6) is 0 Å². The molecule has 0 saturated carbocycles. The minimum absolute atomic E-state index is 0.898. The zero-order valence-corrected chi connectivity index (χ0v) is 8.41. The van der Waals surface area contributed by atoms with E-state index in [1.165, 1.54) is 50.5 Å². The van der Waals surface area contributed by atoms with Crippen LogP contribution in [0.1, 0.15) is 12.8 Å². The highest BCUT2D eigenvalue weighted by atomic mass is 32.2. The molecular formula is C9H18N2S. The van der Waals surface area contributed by atoms with E-state index < -0.39 is 0 Å². The van der Waals surface area contributed by atoms with Crippen molar-refractivity contribution in [3.05, 3.63) is 0 Å². The minimum Gasteiger partial charge on any atom is -0.315 e. The first kappa shape index (κ1) is 8.85. The minimum atomic E-state index is 0.898. The van der Waals surface area contributed by atoms with Crippen LogP contribution >= 0.6 is 11.8 Å². The van der Waals surface area contributed by atoms with E-state index in [1.807, 2.05) is 0 Å². The van der Waals surface area contributed by atoms with E-state index in [-0.39, 0.29) is 0 Å². The Kier molecular flexibility index (Phi) is 3.31. The lowest BCUT2D eigenvalue weighted by atomic mass is 10.2. The molecule has 0 aromatic carbocycles. The largest absolute Gasteiger partial charge is 0.315 e. The predicted octanol–water partition coefficient (Wildman–Crippen LogP) is 0.787. The Morgan fingerprint density at radius 2 is 2.25 bits per heavy atom. The standard InChI is InChI=1S/C9H18N2S/c1-3-10-4-6-11(5-1)9-2-7-12-8-9/h9-10H,1-8H2/t9-/m1/s1. The first-order chi connectivity index (χ1) is 5.97. The summed E-state index contributed by atoms with van der Waals surface area (Å²) >= 11 is 2.12. The average molecular weight is 186 g/mol. The van der Waals surface area contributed by atoms with Crippen LogP contribution in [0.3, 0.4) is 0 Å². The topological polar surface area (TPSA) is 15.3 Å². The van der Waals surface area contributed by atoms with Crippen molar-refractivity contribution in [2.75, 3.05) is 37.7 Å². The zero-order valence-electron chi connectivity index (χ0n) is 7.59. The lowest BCUT2D eigenvalue weighted by Gasteiger charge is -2.25.